The predicted octanol–water partition coefficient (Wildman–Crippen LogP) is 1.91. The van der Waals surface area contributed by atoms with Gasteiger partial charge in [-0.3, -0.25) is 4.90 Å². The molecule has 0 aromatic heterocycles. The number of piperidine rings is 1. The molecule has 0 saturated carbocycles. The lowest BCUT2D eigenvalue weighted by Crippen LogP contribution is -2.44. The molecule has 19 heavy (non-hydrogen) atoms. The molecule has 1 unspecified atom stereocenters. The maximum absolute atomic E-state index is 11.2. The molecule has 0 spiro atoms. The number of carbonyl (C=O) groups is 1. The Balaban J connectivity index is 2.07. The molecule has 4 nitrogen and oxygen atoms in total. The molecule has 0 aliphatic carbocycles. The Labute approximate surface area is 114 Å². The molecule has 1 atom stereocenters. The molecule has 1 aliphatic heterocycles. The van der Waals surface area contributed by atoms with Crippen molar-refractivity contribution >= 4 is 5.97 Å². The summed E-state index contributed by atoms with van der Waals surface area (Å²) in [5.41, 5.74) is 1.34. The summed E-state index contributed by atoms with van der Waals surface area (Å²) in [6, 6.07) is 7.88. The maximum Gasteiger partial charge on any atom is 0.336 e. The van der Waals surface area contributed by atoms with Gasteiger partial charge in [-0.25, -0.2) is 4.79 Å². The van der Waals surface area contributed by atoms with Gasteiger partial charge >= 0.3 is 5.97 Å². The van der Waals surface area contributed by atoms with E-state index in [0.717, 1.165) is 25.2 Å². The van der Waals surface area contributed by atoms with Crippen LogP contribution in [-0.2, 0) is 6.54 Å². The fraction of sp³-hybridized carbons (Fsp3) is 0.533. The molecule has 0 amide bonds. The summed E-state index contributed by atoms with van der Waals surface area (Å²) >= 11 is 0. The van der Waals surface area contributed by atoms with Gasteiger partial charge in [0.25, 0.3) is 0 Å². The highest BCUT2D eigenvalue weighted by molar-refractivity contribution is 5.89. The quantitative estimate of drug-likeness (QED) is 0.900. The van der Waals surface area contributed by atoms with E-state index in [1.54, 1.807) is 12.1 Å². The summed E-state index contributed by atoms with van der Waals surface area (Å²) in [6.45, 7) is 2.80. The van der Waals surface area contributed by atoms with E-state index in [4.69, 9.17) is 0 Å². The Hall–Kier alpha value is -1.39. The van der Waals surface area contributed by atoms with Gasteiger partial charge in [0, 0.05) is 19.1 Å². The van der Waals surface area contributed by atoms with E-state index in [1.165, 1.54) is 12.8 Å². The van der Waals surface area contributed by atoms with Crippen LogP contribution in [-0.4, -0.2) is 54.1 Å². The van der Waals surface area contributed by atoms with E-state index < -0.39 is 5.97 Å². The van der Waals surface area contributed by atoms with Crippen LogP contribution in [0.4, 0.5) is 0 Å². The molecule has 1 heterocycles. The van der Waals surface area contributed by atoms with E-state index >= 15 is 0 Å². The molecule has 1 N–H and O–H groups in total. The molecule has 1 aromatic carbocycles. The van der Waals surface area contributed by atoms with Gasteiger partial charge in [0.05, 0.1) is 5.56 Å². The van der Waals surface area contributed by atoms with Crippen molar-refractivity contribution in [2.45, 2.75) is 25.4 Å². The second kappa shape index (κ2) is 6.17. The Kier molecular flexibility index (Phi) is 4.56. The average molecular weight is 262 g/mol. The van der Waals surface area contributed by atoms with Crippen LogP contribution in [0, 0.1) is 0 Å². The Morgan fingerprint density at radius 2 is 2.16 bits per heavy atom. The first-order chi connectivity index (χ1) is 9.08. The molecule has 2 rings (SSSR count). The number of nitrogens with zero attached hydrogens (tertiary/aromatic N) is 2. The molecule has 104 valence electrons. The Morgan fingerprint density at radius 1 is 1.42 bits per heavy atom. The number of likely N-dealkylation sites (tertiary alicyclic amines) is 1. The number of hydrogen-bond donors (Lipinski definition) is 1. The average Bonchev–Trinajstić information content (AvgIpc) is 2.39. The van der Waals surface area contributed by atoms with Crippen molar-refractivity contribution in [1.29, 1.82) is 0 Å². The number of benzene rings is 1. The summed E-state index contributed by atoms with van der Waals surface area (Å²) in [5, 5.41) is 9.21. The predicted molar refractivity (Wildman–Crippen MR) is 75.4 cm³/mol. The van der Waals surface area contributed by atoms with Crippen molar-refractivity contribution in [3.8, 4) is 0 Å². The van der Waals surface area contributed by atoms with Crippen LogP contribution in [0.1, 0.15) is 28.8 Å². The molecule has 4 heteroatoms. The van der Waals surface area contributed by atoms with E-state index in [-0.39, 0.29) is 0 Å². The summed E-state index contributed by atoms with van der Waals surface area (Å²) < 4.78 is 0. The molecule has 1 saturated heterocycles. The van der Waals surface area contributed by atoms with Crippen LogP contribution in [0.2, 0.25) is 0 Å². The summed E-state index contributed by atoms with van der Waals surface area (Å²) in [4.78, 5) is 15.8. The largest absolute Gasteiger partial charge is 0.478 e. The van der Waals surface area contributed by atoms with Crippen LogP contribution in [0.15, 0.2) is 24.3 Å². The van der Waals surface area contributed by atoms with Gasteiger partial charge in [0.2, 0.25) is 0 Å². The van der Waals surface area contributed by atoms with Gasteiger partial charge in [-0.05, 0) is 45.1 Å². The van der Waals surface area contributed by atoms with Crippen LogP contribution in [0.3, 0.4) is 0 Å². The maximum atomic E-state index is 11.2. The second-order valence-corrected chi connectivity index (χ2v) is 5.46. The van der Waals surface area contributed by atoms with Crippen molar-refractivity contribution in [2.24, 2.45) is 0 Å². The first kappa shape index (κ1) is 14.0. The smallest absolute Gasteiger partial charge is 0.336 e. The monoisotopic (exact) mass is 262 g/mol. The fourth-order valence-corrected chi connectivity index (χ4v) is 2.70. The molecule has 1 aromatic rings. The number of aromatic carboxylic acids is 1. The van der Waals surface area contributed by atoms with Gasteiger partial charge in [-0.2, -0.15) is 0 Å². The number of carboxylic acids is 1. The number of carboxylic acid groups (broad SMARTS) is 1. The topological polar surface area (TPSA) is 43.8 Å². The normalized spacial score (nSPS) is 20.7. The van der Waals surface area contributed by atoms with Crippen LogP contribution in [0.25, 0.3) is 0 Å². The Bertz CT molecular complexity index is 446. The zero-order valence-electron chi connectivity index (χ0n) is 11.7. The van der Waals surface area contributed by atoms with Crippen LogP contribution in [0.5, 0.6) is 0 Å². The van der Waals surface area contributed by atoms with Gasteiger partial charge in [0.15, 0.2) is 0 Å². The zero-order valence-corrected chi connectivity index (χ0v) is 11.7. The van der Waals surface area contributed by atoms with E-state index in [0.29, 0.717) is 11.6 Å². The highest BCUT2D eigenvalue weighted by Crippen LogP contribution is 2.18. The van der Waals surface area contributed by atoms with Gasteiger partial charge < -0.3 is 10.0 Å². The minimum atomic E-state index is -0.836. The first-order valence-corrected chi connectivity index (χ1v) is 6.78. The van der Waals surface area contributed by atoms with Crippen molar-refractivity contribution < 1.29 is 9.90 Å². The zero-order chi connectivity index (χ0) is 13.8. The number of rotatable bonds is 4. The summed E-state index contributed by atoms with van der Waals surface area (Å²) in [7, 11) is 4.22. The summed E-state index contributed by atoms with van der Waals surface area (Å²) in [6.07, 6.45) is 2.40. The number of hydrogen-bond acceptors (Lipinski definition) is 3. The number of likely N-dealkylation sites (N-methyl/N-ethyl adjacent to an activating group) is 1. The van der Waals surface area contributed by atoms with Gasteiger partial charge in [0.1, 0.15) is 0 Å². The minimum Gasteiger partial charge on any atom is -0.478 e. The molecule has 1 fully saturated rings. The van der Waals surface area contributed by atoms with E-state index in [2.05, 4.69) is 23.9 Å². The standard InChI is InChI=1S/C15H22N2O2/c1-16(2)13-7-5-9-17(11-13)10-12-6-3-4-8-14(12)15(18)19/h3-4,6,8,13H,5,7,9-11H2,1-2H3,(H,18,19). The highest BCUT2D eigenvalue weighted by Gasteiger charge is 2.22. The molecular weight excluding hydrogens is 240 g/mol. The SMILES string of the molecule is CN(C)C1CCCN(Cc2ccccc2C(=O)O)C1. The van der Waals surface area contributed by atoms with E-state index in [9.17, 15) is 9.90 Å². The first-order valence-electron chi connectivity index (χ1n) is 6.78. The minimum absolute atomic E-state index is 0.425. The van der Waals surface area contributed by atoms with Crippen molar-refractivity contribution in [3.63, 3.8) is 0 Å². The third-order valence-corrected chi connectivity index (χ3v) is 3.85. The lowest BCUT2D eigenvalue weighted by atomic mass is 10.0. The second-order valence-electron chi connectivity index (χ2n) is 5.46. The molecule has 0 bridgehead atoms. The van der Waals surface area contributed by atoms with Crippen molar-refractivity contribution in [3.05, 3.63) is 35.4 Å². The third-order valence-electron chi connectivity index (χ3n) is 3.85. The lowest BCUT2D eigenvalue weighted by molar-refractivity contribution is 0.0693. The molecule has 1 aliphatic rings. The van der Waals surface area contributed by atoms with Crippen LogP contribution >= 0.6 is 0 Å². The van der Waals surface area contributed by atoms with Crippen LogP contribution < -0.4 is 0 Å². The van der Waals surface area contributed by atoms with E-state index in [1.807, 2.05) is 12.1 Å². The fourth-order valence-electron chi connectivity index (χ4n) is 2.70. The van der Waals surface area contributed by atoms with Gasteiger partial charge in [-0.1, -0.05) is 18.2 Å². The molecular formula is C15H22N2O2. The Morgan fingerprint density at radius 3 is 2.84 bits per heavy atom. The van der Waals surface area contributed by atoms with Crippen molar-refractivity contribution in [1.82, 2.24) is 9.80 Å². The third kappa shape index (κ3) is 3.55. The van der Waals surface area contributed by atoms with Crippen molar-refractivity contribution in [2.75, 3.05) is 27.2 Å². The lowest BCUT2D eigenvalue weighted by Gasteiger charge is -2.36. The molecule has 0 radical (unpaired) electrons. The van der Waals surface area contributed by atoms with Gasteiger partial charge in [-0.15, -0.1) is 0 Å². The summed E-state index contributed by atoms with van der Waals surface area (Å²) in [5.74, 6) is -0.836. The highest BCUT2D eigenvalue weighted by atomic mass is 16.4.